The van der Waals surface area contributed by atoms with Crippen LogP contribution in [0, 0.1) is 0 Å². The van der Waals surface area contributed by atoms with Crippen LogP contribution < -0.4 is 11.1 Å². The molecule has 4 nitrogen and oxygen atoms in total. The summed E-state index contributed by atoms with van der Waals surface area (Å²) < 4.78 is 5.24. The number of hydrogen-bond donors (Lipinski definition) is 2. The van der Waals surface area contributed by atoms with Gasteiger partial charge in [-0.15, -0.1) is 0 Å². The standard InChI is InChI=1S/C14H28N2O2/c1-2-3-4-5-6-7-10-16-13(17)14(15)8-11-18-12-9-14/h2-12,15H2,1H3,(H,16,17). The number of ether oxygens (including phenoxy) is 1. The molecule has 1 aliphatic rings. The highest BCUT2D eigenvalue weighted by molar-refractivity contribution is 5.86. The Morgan fingerprint density at radius 1 is 1.17 bits per heavy atom. The molecule has 0 saturated carbocycles. The lowest BCUT2D eigenvalue weighted by molar-refractivity contribution is -0.129. The summed E-state index contributed by atoms with van der Waals surface area (Å²) in [6.07, 6.45) is 8.69. The third kappa shape index (κ3) is 5.36. The second-order valence-corrected chi connectivity index (χ2v) is 5.29. The zero-order valence-corrected chi connectivity index (χ0v) is 11.7. The highest BCUT2D eigenvalue weighted by Gasteiger charge is 2.35. The first-order valence-corrected chi connectivity index (χ1v) is 7.34. The van der Waals surface area contributed by atoms with Crippen molar-refractivity contribution in [1.82, 2.24) is 5.32 Å². The Hall–Kier alpha value is -0.610. The molecular formula is C14H28N2O2. The normalized spacial score (nSPS) is 18.6. The van der Waals surface area contributed by atoms with Crippen LogP contribution in [0.2, 0.25) is 0 Å². The van der Waals surface area contributed by atoms with Gasteiger partial charge in [-0.25, -0.2) is 0 Å². The van der Waals surface area contributed by atoms with Gasteiger partial charge >= 0.3 is 0 Å². The van der Waals surface area contributed by atoms with Crippen molar-refractivity contribution in [2.45, 2.75) is 63.8 Å². The van der Waals surface area contributed by atoms with E-state index in [1.165, 1.54) is 32.1 Å². The minimum absolute atomic E-state index is 0.000594. The van der Waals surface area contributed by atoms with Crippen LogP contribution in [0.3, 0.4) is 0 Å². The Labute approximate surface area is 111 Å². The number of hydrogen-bond acceptors (Lipinski definition) is 3. The van der Waals surface area contributed by atoms with Crippen LogP contribution in [0.15, 0.2) is 0 Å². The largest absolute Gasteiger partial charge is 0.381 e. The van der Waals surface area contributed by atoms with Crippen molar-refractivity contribution in [3.63, 3.8) is 0 Å². The third-order valence-corrected chi connectivity index (χ3v) is 3.65. The highest BCUT2D eigenvalue weighted by Crippen LogP contribution is 2.17. The lowest BCUT2D eigenvalue weighted by Gasteiger charge is -2.31. The monoisotopic (exact) mass is 256 g/mol. The quantitative estimate of drug-likeness (QED) is 0.653. The molecule has 0 unspecified atom stereocenters. The van der Waals surface area contributed by atoms with Gasteiger partial charge in [0.05, 0.1) is 5.54 Å². The van der Waals surface area contributed by atoms with Crippen LogP contribution in [-0.2, 0) is 9.53 Å². The van der Waals surface area contributed by atoms with Crippen molar-refractivity contribution >= 4 is 5.91 Å². The molecule has 1 heterocycles. The molecule has 1 fully saturated rings. The molecule has 18 heavy (non-hydrogen) atoms. The SMILES string of the molecule is CCCCCCCCNC(=O)C1(N)CCOCC1. The predicted molar refractivity (Wildman–Crippen MR) is 73.4 cm³/mol. The van der Waals surface area contributed by atoms with Crippen molar-refractivity contribution in [2.24, 2.45) is 5.73 Å². The Balaban J connectivity index is 2.05. The summed E-state index contributed by atoms with van der Waals surface area (Å²) in [5.41, 5.74) is 5.40. The first kappa shape index (κ1) is 15.4. The van der Waals surface area contributed by atoms with E-state index in [0.29, 0.717) is 26.1 Å². The minimum atomic E-state index is -0.694. The van der Waals surface area contributed by atoms with E-state index in [-0.39, 0.29) is 5.91 Å². The van der Waals surface area contributed by atoms with Crippen LogP contribution in [0.4, 0.5) is 0 Å². The molecule has 1 amide bonds. The first-order valence-electron chi connectivity index (χ1n) is 7.34. The average Bonchev–Trinajstić information content (AvgIpc) is 2.38. The lowest BCUT2D eigenvalue weighted by Crippen LogP contribution is -2.57. The van der Waals surface area contributed by atoms with Gasteiger partial charge < -0.3 is 15.8 Å². The van der Waals surface area contributed by atoms with Crippen LogP contribution >= 0.6 is 0 Å². The van der Waals surface area contributed by atoms with E-state index in [0.717, 1.165) is 13.0 Å². The molecule has 0 aromatic carbocycles. The number of carbonyl (C=O) groups is 1. The fourth-order valence-corrected chi connectivity index (χ4v) is 2.25. The number of nitrogens with two attached hydrogens (primary N) is 1. The first-order chi connectivity index (χ1) is 8.69. The van der Waals surface area contributed by atoms with Gasteiger partial charge in [-0.1, -0.05) is 39.0 Å². The summed E-state index contributed by atoms with van der Waals surface area (Å²) in [6.45, 7) is 4.17. The molecule has 0 aromatic rings. The Kier molecular flexibility index (Phi) is 7.28. The number of amides is 1. The van der Waals surface area contributed by atoms with E-state index < -0.39 is 5.54 Å². The minimum Gasteiger partial charge on any atom is -0.381 e. The molecule has 1 saturated heterocycles. The van der Waals surface area contributed by atoms with Crippen molar-refractivity contribution in [3.8, 4) is 0 Å². The van der Waals surface area contributed by atoms with E-state index in [1.807, 2.05) is 0 Å². The summed E-state index contributed by atoms with van der Waals surface area (Å²) >= 11 is 0. The number of carbonyl (C=O) groups excluding carboxylic acids is 1. The number of nitrogens with one attached hydrogen (secondary N) is 1. The number of unbranched alkanes of at least 4 members (excludes halogenated alkanes) is 5. The highest BCUT2D eigenvalue weighted by atomic mass is 16.5. The van der Waals surface area contributed by atoms with Crippen molar-refractivity contribution in [1.29, 1.82) is 0 Å². The topological polar surface area (TPSA) is 64.4 Å². The molecule has 0 radical (unpaired) electrons. The summed E-state index contributed by atoms with van der Waals surface area (Å²) in [6, 6.07) is 0. The van der Waals surface area contributed by atoms with Gasteiger partial charge in [-0.2, -0.15) is 0 Å². The van der Waals surface area contributed by atoms with Gasteiger partial charge in [-0.05, 0) is 19.3 Å². The van der Waals surface area contributed by atoms with Crippen molar-refractivity contribution in [3.05, 3.63) is 0 Å². The van der Waals surface area contributed by atoms with Crippen molar-refractivity contribution < 1.29 is 9.53 Å². The molecule has 106 valence electrons. The lowest BCUT2D eigenvalue weighted by atomic mass is 9.90. The van der Waals surface area contributed by atoms with E-state index in [1.54, 1.807) is 0 Å². The Morgan fingerprint density at radius 2 is 1.78 bits per heavy atom. The van der Waals surface area contributed by atoms with Gasteiger partial charge in [0.2, 0.25) is 5.91 Å². The molecule has 3 N–H and O–H groups in total. The van der Waals surface area contributed by atoms with Crippen LogP contribution in [0.1, 0.15) is 58.3 Å². The molecule has 0 atom stereocenters. The molecule has 4 heteroatoms. The predicted octanol–water partition coefficient (Wildman–Crippen LogP) is 1.97. The van der Waals surface area contributed by atoms with Gasteiger partial charge in [0.25, 0.3) is 0 Å². The van der Waals surface area contributed by atoms with Crippen LogP contribution in [-0.4, -0.2) is 31.2 Å². The molecule has 1 rings (SSSR count). The van der Waals surface area contributed by atoms with Gasteiger partial charge in [0, 0.05) is 19.8 Å². The summed E-state index contributed by atoms with van der Waals surface area (Å²) in [4.78, 5) is 12.0. The fraction of sp³-hybridized carbons (Fsp3) is 0.929. The summed E-state index contributed by atoms with van der Waals surface area (Å²) in [5.74, 6) is -0.000594. The molecule has 1 aliphatic heterocycles. The fourth-order valence-electron chi connectivity index (χ4n) is 2.25. The van der Waals surface area contributed by atoms with Gasteiger partial charge in [0.1, 0.15) is 0 Å². The molecule has 0 aliphatic carbocycles. The second kappa shape index (κ2) is 8.48. The Morgan fingerprint density at radius 3 is 2.44 bits per heavy atom. The van der Waals surface area contributed by atoms with E-state index in [9.17, 15) is 4.79 Å². The smallest absolute Gasteiger partial charge is 0.240 e. The Bertz CT molecular complexity index is 238. The maximum Gasteiger partial charge on any atom is 0.240 e. The van der Waals surface area contributed by atoms with E-state index >= 15 is 0 Å². The summed E-state index contributed by atoms with van der Waals surface area (Å²) in [5, 5.41) is 2.96. The molecular weight excluding hydrogens is 228 g/mol. The maximum atomic E-state index is 12.0. The molecule has 0 aromatic heterocycles. The maximum absolute atomic E-state index is 12.0. The zero-order valence-electron chi connectivity index (χ0n) is 11.7. The van der Waals surface area contributed by atoms with Crippen LogP contribution in [0.25, 0.3) is 0 Å². The summed E-state index contributed by atoms with van der Waals surface area (Å²) in [7, 11) is 0. The van der Waals surface area contributed by atoms with E-state index in [2.05, 4.69) is 12.2 Å². The second-order valence-electron chi connectivity index (χ2n) is 5.29. The van der Waals surface area contributed by atoms with Crippen molar-refractivity contribution in [2.75, 3.05) is 19.8 Å². The molecule has 0 bridgehead atoms. The third-order valence-electron chi connectivity index (χ3n) is 3.65. The van der Waals surface area contributed by atoms with Gasteiger partial charge in [0.15, 0.2) is 0 Å². The average molecular weight is 256 g/mol. The number of rotatable bonds is 8. The zero-order chi connectivity index (χ0) is 13.3. The van der Waals surface area contributed by atoms with Crippen LogP contribution in [0.5, 0.6) is 0 Å². The van der Waals surface area contributed by atoms with E-state index in [4.69, 9.17) is 10.5 Å². The molecule has 0 spiro atoms. The van der Waals surface area contributed by atoms with Gasteiger partial charge in [-0.3, -0.25) is 4.79 Å².